The third kappa shape index (κ3) is 4.89. The zero-order valence-corrected chi connectivity index (χ0v) is 15.8. The molecule has 0 saturated carbocycles. The largest absolute Gasteiger partial charge is 0.447 e. The molecule has 1 atom stereocenters. The van der Waals surface area contributed by atoms with Crippen LogP contribution in [0.25, 0.3) is 0 Å². The lowest BCUT2D eigenvalue weighted by Gasteiger charge is -2.23. The Morgan fingerprint density at radius 1 is 1.33 bits per heavy atom. The molecule has 0 aromatic heterocycles. The molecule has 1 aromatic rings. The second kappa shape index (κ2) is 8.05. The summed E-state index contributed by atoms with van der Waals surface area (Å²) in [6.45, 7) is 10.8. The number of nitrogens with zero attached hydrogens (tertiary/aromatic N) is 1. The number of hydrogen-bond acceptors (Lipinski definition) is 2. The molecule has 1 aliphatic rings. The van der Waals surface area contributed by atoms with E-state index in [1.165, 1.54) is 0 Å². The summed E-state index contributed by atoms with van der Waals surface area (Å²) >= 11 is 0. The van der Waals surface area contributed by atoms with Crippen molar-refractivity contribution in [3.8, 4) is 11.5 Å². The standard InChI is InChI=1S/C20H25NO2Si/c1-5-18(14-10-7-11-15-24(2,3)4)21-19(16-23-20(21)22)17-12-8-6-9-13-17/h6,8-9,12-13,19H,1,7,10,14,16H2,2-4H3/t19-/m0/s1. The van der Waals surface area contributed by atoms with Crippen molar-refractivity contribution in [3.05, 3.63) is 53.9 Å². The zero-order valence-electron chi connectivity index (χ0n) is 14.8. The molecule has 3 nitrogen and oxygen atoms in total. The van der Waals surface area contributed by atoms with Crippen molar-refractivity contribution >= 4 is 14.2 Å². The molecule has 0 bridgehead atoms. The van der Waals surface area contributed by atoms with Crippen molar-refractivity contribution in [2.45, 2.75) is 44.9 Å². The van der Waals surface area contributed by atoms with Crippen LogP contribution in [0.3, 0.4) is 0 Å². The molecule has 0 radical (unpaired) electrons. The minimum Gasteiger partial charge on any atom is -0.447 e. The van der Waals surface area contributed by atoms with E-state index in [9.17, 15) is 4.79 Å². The molecule has 1 saturated heterocycles. The topological polar surface area (TPSA) is 29.5 Å². The summed E-state index contributed by atoms with van der Waals surface area (Å²) < 4.78 is 5.26. The van der Waals surface area contributed by atoms with Gasteiger partial charge >= 0.3 is 6.09 Å². The third-order valence-electron chi connectivity index (χ3n) is 3.73. The van der Waals surface area contributed by atoms with E-state index in [-0.39, 0.29) is 12.1 Å². The van der Waals surface area contributed by atoms with Crippen LogP contribution in [0, 0.1) is 11.5 Å². The number of carbonyl (C=O) groups excluding carboxylic acids is 1. The van der Waals surface area contributed by atoms with Crippen LogP contribution in [0.15, 0.2) is 48.3 Å². The van der Waals surface area contributed by atoms with E-state index in [1.807, 2.05) is 30.3 Å². The quantitative estimate of drug-likeness (QED) is 0.330. The number of unbranched alkanes of at least 4 members (excludes halogenated alkanes) is 1. The van der Waals surface area contributed by atoms with Crippen LogP contribution in [0.2, 0.25) is 19.6 Å². The molecule has 1 fully saturated rings. The van der Waals surface area contributed by atoms with Gasteiger partial charge in [0.2, 0.25) is 0 Å². The summed E-state index contributed by atoms with van der Waals surface area (Å²) in [5, 5.41) is 0. The number of carbonyl (C=O) groups is 1. The van der Waals surface area contributed by atoms with Gasteiger partial charge in [0, 0.05) is 6.42 Å². The van der Waals surface area contributed by atoms with E-state index in [0.717, 1.165) is 30.5 Å². The first-order valence-electron chi connectivity index (χ1n) is 8.32. The van der Waals surface area contributed by atoms with Crippen LogP contribution in [-0.2, 0) is 4.74 Å². The molecule has 24 heavy (non-hydrogen) atoms. The highest BCUT2D eigenvalue weighted by atomic mass is 28.3. The van der Waals surface area contributed by atoms with Crippen LogP contribution < -0.4 is 0 Å². The van der Waals surface area contributed by atoms with Gasteiger partial charge in [-0.1, -0.05) is 56.6 Å². The lowest BCUT2D eigenvalue weighted by Crippen LogP contribution is -2.26. The van der Waals surface area contributed by atoms with Gasteiger partial charge in [-0.05, 0) is 18.4 Å². The van der Waals surface area contributed by atoms with E-state index in [2.05, 4.69) is 43.4 Å². The fraction of sp³-hybridized carbons (Fsp3) is 0.400. The van der Waals surface area contributed by atoms with Gasteiger partial charge in [-0.25, -0.2) is 4.79 Å². The van der Waals surface area contributed by atoms with E-state index in [1.54, 1.807) is 4.90 Å². The maximum atomic E-state index is 12.2. The highest BCUT2D eigenvalue weighted by molar-refractivity contribution is 6.83. The molecule has 4 heteroatoms. The van der Waals surface area contributed by atoms with Crippen molar-refractivity contribution in [3.63, 3.8) is 0 Å². The predicted molar refractivity (Wildman–Crippen MR) is 100.0 cm³/mol. The molecule has 1 heterocycles. The number of amides is 1. The fourth-order valence-corrected chi connectivity index (χ4v) is 3.26. The monoisotopic (exact) mass is 339 g/mol. The number of ether oxygens (including phenoxy) is 1. The van der Waals surface area contributed by atoms with Crippen LogP contribution in [-0.4, -0.2) is 25.7 Å². The molecule has 1 amide bonds. The van der Waals surface area contributed by atoms with Gasteiger partial charge in [0.1, 0.15) is 14.7 Å². The SMILES string of the molecule is C=C=C(CCCC#C[Si](C)(C)C)N1C(=O)OC[C@H]1c1ccccc1. The van der Waals surface area contributed by atoms with Gasteiger partial charge in [0.15, 0.2) is 0 Å². The first-order chi connectivity index (χ1) is 11.4. The van der Waals surface area contributed by atoms with Gasteiger partial charge in [-0.2, -0.15) is 0 Å². The number of benzene rings is 1. The second-order valence-corrected chi connectivity index (χ2v) is 11.7. The van der Waals surface area contributed by atoms with Crippen molar-refractivity contribution in [2.75, 3.05) is 6.61 Å². The zero-order chi connectivity index (χ0) is 17.6. The highest BCUT2D eigenvalue weighted by Gasteiger charge is 2.36. The van der Waals surface area contributed by atoms with Crippen LogP contribution in [0.1, 0.15) is 30.9 Å². The molecular formula is C20H25NO2Si. The Morgan fingerprint density at radius 3 is 2.67 bits per heavy atom. The van der Waals surface area contributed by atoms with Gasteiger partial charge in [0.05, 0.1) is 11.7 Å². The smallest absolute Gasteiger partial charge is 0.415 e. The van der Waals surface area contributed by atoms with Crippen LogP contribution in [0.5, 0.6) is 0 Å². The van der Waals surface area contributed by atoms with E-state index in [4.69, 9.17) is 4.74 Å². The van der Waals surface area contributed by atoms with Crippen LogP contribution in [0.4, 0.5) is 4.79 Å². The average Bonchev–Trinajstić information content (AvgIpc) is 2.92. The molecule has 1 aromatic carbocycles. The number of allylic oxidation sites excluding steroid dienone is 1. The predicted octanol–water partition coefficient (Wildman–Crippen LogP) is 4.90. The van der Waals surface area contributed by atoms with Crippen molar-refractivity contribution in [1.82, 2.24) is 4.90 Å². The van der Waals surface area contributed by atoms with Gasteiger partial charge < -0.3 is 4.74 Å². The fourth-order valence-electron chi connectivity index (χ4n) is 2.61. The minimum atomic E-state index is -1.31. The van der Waals surface area contributed by atoms with E-state index in [0.29, 0.717) is 6.61 Å². The maximum absolute atomic E-state index is 12.2. The summed E-state index contributed by atoms with van der Waals surface area (Å²) in [7, 11) is -1.31. The highest BCUT2D eigenvalue weighted by Crippen LogP contribution is 2.32. The van der Waals surface area contributed by atoms with Crippen molar-refractivity contribution in [2.24, 2.45) is 0 Å². The molecule has 0 unspecified atom stereocenters. The molecule has 0 spiro atoms. The lowest BCUT2D eigenvalue weighted by molar-refractivity contribution is 0.163. The molecule has 1 aliphatic heterocycles. The summed E-state index contributed by atoms with van der Waals surface area (Å²) in [5.74, 6) is 3.26. The second-order valence-electron chi connectivity index (χ2n) is 6.90. The Bertz CT molecular complexity index is 688. The number of hydrogen-bond donors (Lipinski definition) is 0. The minimum absolute atomic E-state index is 0.101. The van der Waals surface area contributed by atoms with Gasteiger partial charge in [-0.3, -0.25) is 4.90 Å². The average molecular weight is 340 g/mol. The summed E-state index contributed by atoms with van der Waals surface area (Å²) in [6.07, 6.45) is 2.13. The van der Waals surface area contributed by atoms with E-state index >= 15 is 0 Å². The van der Waals surface area contributed by atoms with Crippen LogP contribution >= 0.6 is 0 Å². The molecule has 2 rings (SSSR count). The third-order valence-corrected chi connectivity index (χ3v) is 4.66. The molecule has 0 N–H and O–H groups in total. The summed E-state index contributed by atoms with van der Waals surface area (Å²) in [4.78, 5) is 13.9. The number of cyclic esters (lactones) is 1. The normalized spacial score (nSPS) is 16.9. The first kappa shape index (κ1) is 18.1. The number of rotatable bonds is 5. The van der Waals surface area contributed by atoms with Crippen molar-refractivity contribution < 1.29 is 9.53 Å². The van der Waals surface area contributed by atoms with Crippen molar-refractivity contribution in [1.29, 1.82) is 0 Å². The Kier molecular flexibility index (Phi) is 6.08. The molecule has 126 valence electrons. The van der Waals surface area contributed by atoms with E-state index < -0.39 is 8.07 Å². The molecule has 0 aliphatic carbocycles. The Hall–Kier alpha value is -2.21. The summed E-state index contributed by atoms with van der Waals surface area (Å²) in [5.41, 5.74) is 8.16. The lowest BCUT2D eigenvalue weighted by atomic mass is 10.1. The Labute approximate surface area is 146 Å². The van der Waals surface area contributed by atoms with Gasteiger partial charge in [-0.15, -0.1) is 17.2 Å². The first-order valence-corrected chi connectivity index (χ1v) is 11.8. The Morgan fingerprint density at radius 2 is 2.04 bits per heavy atom. The van der Waals surface area contributed by atoms with Gasteiger partial charge in [0.25, 0.3) is 0 Å². The summed E-state index contributed by atoms with van der Waals surface area (Å²) in [6, 6.07) is 9.84. The molecular weight excluding hydrogens is 314 g/mol. The Balaban J connectivity index is 2.04. The maximum Gasteiger partial charge on any atom is 0.415 e.